The molecule has 1 N–H and O–H groups in total. The van der Waals surface area contributed by atoms with Gasteiger partial charge in [-0.3, -0.25) is 9.48 Å². The van der Waals surface area contributed by atoms with Gasteiger partial charge in [-0.05, 0) is 12.8 Å². The van der Waals surface area contributed by atoms with E-state index in [2.05, 4.69) is 25.3 Å². The number of methoxy groups -OCH3 is 1. The first-order valence-electron chi connectivity index (χ1n) is 8.03. The Labute approximate surface area is 140 Å². The summed E-state index contributed by atoms with van der Waals surface area (Å²) in [7, 11) is 3.43. The second-order valence-electron chi connectivity index (χ2n) is 5.86. The van der Waals surface area contributed by atoms with Crippen molar-refractivity contribution < 1.29 is 9.53 Å². The summed E-state index contributed by atoms with van der Waals surface area (Å²) in [5, 5.41) is 6.96. The maximum Gasteiger partial charge on any atom is 0.255 e. The minimum atomic E-state index is -0.209. The van der Waals surface area contributed by atoms with Crippen LogP contribution in [0.3, 0.4) is 0 Å². The third-order valence-corrected chi connectivity index (χ3v) is 3.98. The molecule has 8 heteroatoms. The molecule has 0 bridgehead atoms. The van der Waals surface area contributed by atoms with E-state index in [0.29, 0.717) is 23.8 Å². The Balaban J connectivity index is 1.73. The van der Waals surface area contributed by atoms with Crippen LogP contribution in [0, 0.1) is 0 Å². The third kappa shape index (κ3) is 3.70. The minimum Gasteiger partial charge on any atom is -0.378 e. The van der Waals surface area contributed by atoms with Crippen LogP contribution in [-0.4, -0.2) is 45.9 Å². The summed E-state index contributed by atoms with van der Waals surface area (Å²) < 4.78 is 6.90. The maximum absolute atomic E-state index is 12.5. The van der Waals surface area contributed by atoms with Crippen molar-refractivity contribution in [3.63, 3.8) is 0 Å². The number of amides is 1. The molecule has 3 heterocycles. The van der Waals surface area contributed by atoms with Gasteiger partial charge < -0.3 is 15.0 Å². The fourth-order valence-corrected chi connectivity index (χ4v) is 2.75. The molecule has 0 spiro atoms. The van der Waals surface area contributed by atoms with E-state index in [1.54, 1.807) is 24.2 Å². The molecule has 0 saturated carbocycles. The summed E-state index contributed by atoms with van der Waals surface area (Å²) >= 11 is 0. The van der Waals surface area contributed by atoms with Gasteiger partial charge in [0.25, 0.3) is 5.91 Å². The second kappa shape index (κ2) is 7.39. The molecule has 128 valence electrons. The number of ether oxygens (including phenoxy) is 1. The largest absolute Gasteiger partial charge is 0.378 e. The molecule has 0 radical (unpaired) electrons. The van der Waals surface area contributed by atoms with Crippen LogP contribution < -0.4 is 10.2 Å². The first kappa shape index (κ1) is 16.4. The van der Waals surface area contributed by atoms with Gasteiger partial charge in [0.1, 0.15) is 0 Å². The van der Waals surface area contributed by atoms with Crippen molar-refractivity contribution in [3.8, 4) is 0 Å². The Kier molecular flexibility index (Phi) is 5.05. The molecule has 2 aromatic rings. The van der Waals surface area contributed by atoms with Crippen LogP contribution in [0.25, 0.3) is 0 Å². The van der Waals surface area contributed by atoms with Crippen molar-refractivity contribution in [2.75, 3.05) is 25.1 Å². The zero-order chi connectivity index (χ0) is 16.9. The Morgan fingerprint density at radius 1 is 1.33 bits per heavy atom. The highest BCUT2D eigenvalue weighted by molar-refractivity contribution is 5.95. The van der Waals surface area contributed by atoms with E-state index in [0.717, 1.165) is 31.5 Å². The summed E-state index contributed by atoms with van der Waals surface area (Å²) in [4.78, 5) is 23.5. The van der Waals surface area contributed by atoms with Crippen LogP contribution >= 0.6 is 0 Å². The lowest BCUT2D eigenvalue weighted by atomic mass is 10.2. The van der Waals surface area contributed by atoms with Gasteiger partial charge in [-0.1, -0.05) is 0 Å². The zero-order valence-electron chi connectivity index (χ0n) is 14.0. The highest BCUT2D eigenvalue weighted by Crippen LogP contribution is 2.18. The number of hydrogen-bond acceptors (Lipinski definition) is 6. The number of anilines is 1. The summed E-state index contributed by atoms with van der Waals surface area (Å²) in [5.41, 5.74) is 2.00. The number of nitrogens with one attached hydrogen (secondary N) is 1. The van der Waals surface area contributed by atoms with Gasteiger partial charge in [0.05, 0.1) is 24.1 Å². The minimum absolute atomic E-state index is 0.209. The molecule has 1 amide bonds. The number of carbonyl (C=O) groups is 1. The normalized spacial score (nSPS) is 14.2. The molecule has 1 aliphatic heterocycles. The monoisotopic (exact) mass is 330 g/mol. The van der Waals surface area contributed by atoms with Gasteiger partial charge in [-0.15, -0.1) is 0 Å². The van der Waals surface area contributed by atoms with E-state index in [1.165, 1.54) is 0 Å². The SMILES string of the molecule is COCc1nc(N2CCCC2)ncc1C(=O)NCc1cnn(C)c1. The van der Waals surface area contributed by atoms with Crippen LogP contribution in [0.1, 0.15) is 34.5 Å². The highest BCUT2D eigenvalue weighted by atomic mass is 16.5. The van der Waals surface area contributed by atoms with Gasteiger partial charge in [-0.2, -0.15) is 5.10 Å². The highest BCUT2D eigenvalue weighted by Gasteiger charge is 2.19. The zero-order valence-corrected chi connectivity index (χ0v) is 14.0. The quantitative estimate of drug-likeness (QED) is 0.846. The molecule has 0 aromatic carbocycles. The summed E-state index contributed by atoms with van der Waals surface area (Å²) in [6.45, 7) is 2.60. The van der Waals surface area contributed by atoms with Crippen molar-refractivity contribution in [3.05, 3.63) is 35.4 Å². The van der Waals surface area contributed by atoms with Gasteiger partial charge in [-0.25, -0.2) is 9.97 Å². The lowest BCUT2D eigenvalue weighted by Crippen LogP contribution is -2.26. The average Bonchev–Trinajstić information content (AvgIpc) is 3.24. The standard InChI is InChI=1S/C16H22N6O2/c1-21-10-12(8-19-21)7-17-15(23)13-9-18-16(20-14(13)11-24-2)22-5-3-4-6-22/h8-10H,3-7,11H2,1-2H3,(H,17,23). The second-order valence-corrected chi connectivity index (χ2v) is 5.86. The molecule has 0 aliphatic carbocycles. The third-order valence-electron chi connectivity index (χ3n) is 3.98. The van der Waals surface area contributed by atoms with Crippen LogP contribution in [0.4, 0.5) is 5.95 Å². The Hall–Kier alpha value is -2.48. The van der Waals surface area contributed by atoms with Crippen molar-refractivity contribution in [2.45, 2.75) is 26.0 Å². The topological polar surface area (TPSA) is 85.2 Å². The van der Waals surface area contributed by atoms with Gasteiger partial charge in [0.2, 0.25) is 5.95 Å². The van der Waals surface area contributed by atoms with E-state index in [4.69, 9.17) is 4.74 Å². The van der Waals surface area contributed by atoms with E-state index in [9.17, 15) is 4.79 Å². The van der Waals surface area contributed by atoms with Crippen LogP contribution in [0.5, 0.6) is 0 Å². The van der Waals surface area contributed by atoms with Crippen LogP contribution in [-0.2, 0) is 24.9 Å². The molecule has 1 aliphatic rings. The fraction of sp³-hybridized carbons (Fsp3) is 0.500. The number of aryl methyl sites for hydroxylation is 1. The summed E-state index contributed by atoms with van der Waals surface area (Å²) in [6.07, 6.45) is 7.48. The molecule has 0 unspecified atom stereocenters. The smallest absolute Gasteiger partial charge is 0.255 e. The van der Waals surface area contributed by atoms with Gasteiger partial charge in [0.15, 0.2) is 0 Å². The van der Waals surface area contributed by atoms with Crippen molar-refractivity contribution in [1.82, 2.24) is 25.1 Å². The predicted octanol–water partition coefficient (Wildman–Crippen LogP) is 0.887. The van der Waals surface area contributed by atoms with E-state index in [-0.39, 0.29) is 12.5 Å². The Bertz CT molecular complexity index is 708. The number of nitrogens with zero attached hydrogens (tertiary/aromatic N) is 5. The first-order valence-corrected chi connectivity index (χ1v) is 8.03. The van der Waals surface area contributed by atoms with Crippen LogP contribution in [0.2, 0.25) is 0 Å². The summed E-state index contributed by atoms with van der Waals surface area (Å²) in [6, 6.07) is 0. The number of aromatic nitrogens is 4. The molecule has 2 aromatic heterocycles. The number of rotatable bonds is 6. The molecular weight excluding hydrogens is 308 g/mol. The molecule has 1 fully saturated rings. The van der Waals surface area contributed by atoms with E-state index < -0.39 is 0 Å². The number of carbonyl (C=O) groups excluding carboxylic acids is 1. The number of hydrogen-bond donors (Lipinski definition) is 1. The predicted molar refractivity (Wildman–Crippen MR) is 88.6 cm³/mol. The van der Waals surface area contributed by atoms with Crippen molar-refractivity contribution in [2.24, 2.45) is 7.05 Å². The van der Waals surface area contributed by atoms with Crippen molar-refractivity contribution >= 4 is 11.9 Å². The summed E-state index contributed by atoms with van der Waals surface area (Å²) in [5.74, 6) is 0.460. The lowest BCUT2D eigenvalue weighted by molar-refractivity contribution is 0.0944. The Morgan fingerprint density at radius 2 is 2.12 bits per heavy atom. The molecule has 24 heavy (non-hydrogen) atoms. The lowest BCUT2D eigenvalue weighted by Gasteiger charge is -2.17. The first-order chi connectivity index (χ1) is 11.7. The molecule has 1 saturated heterocycles. The fourth-order valence-electron chi connectivity index (χ4n) is 2.75. The average molecular weight is 330 g/mol. The van der Waals surface area contributed by atoms with E-state index in [1.807, 2.05) is 13.2 Å². The molecule has 8 nitrogen and oxygen atoms in total. The van der Waals surface area contributed by atoms with Gasteiger partial charge in [0, 0.05) is 51.7 Å². The van der Waals surface area contributed by atoms with Crippen LogP contribution in [0.15, 0.2) is 18.6 Å². The maximum atomic E-state index is 12.5. The molecular formula is C16H22N6O2. The molecule has 3 rings (SSSR count). The Morgan fingerprint density at radius 3 is 2.79 bits per heavy atom. The molecule has 0 atom stereocenters. The van der Waals surface area contributed by atoms with Crippen molar-refractivity contribution in [1.29, 1.82) is 0 Å². The van der Waals surface area contributed by atoms with Gasteiger partial charge >= 0.3 is 0 Å². The van der Waals surface area contributed by atoms with E-state index >= 15 is 0 Å².